The lowest BCUT2D eigenvalue weighted by Gasteiger charge is -2.21. The fourth-order valence-electron chi connectivity index (χ4n) is 1.10. The van der Waals surface area contributed by atoms with Crippen molar-refractivity contribution in [2.75, 3.05) is 7.11 Å². The zero-order chi connectivity index (χ0) is 10.8. The number of nitrogens with two attached hydrogens (primary N) is 1. The second kappa shape index (κ2) is 3.75. The first-order valence-electron chi connectivity index (χ1n) is 4.29. The normalized spacial score (nSPS) is 14.6. The number of hydrogen-bond donors (Lipinski definition) is 1. The van der Waals surface area contributed by atoms with Crippen molar-refractivity contribution in [3.63, 3.8) is 0 Å². The zero-order valence-corrected chi connectivity index (χ0v) is 8.57. The Bertz CT molecular complexity index is 330. The Labute approximate surface area is 83.1 Å². The number of esters is 1. The van der Waals surface area contributed by atoms with Gasteiger partial charge < -0.3 is 10.5 Å². The Morgan fingerprint density at radius 2 is 2.21 bits per heavy atom. The molecular formula is C10H14N2O2. The van der Waals surface area contributed by atoms with Gasteiger partial charge >= 0.3 is 5.97 Å². The van der Waals surface area contributed by atoms with Gasteiger partial charge in [-0.25, -0.2) is 4.79 Å². The highest BCUT2D eigenvalue weighted by Crippen LogP contribution is 2.18. The minimum absolute atomic E-state index is 0.469. The Morgan fingerprint density at radius 3 is 2.64 bits per heavy atom. The summed E-state index contributed by atoms with van der Waals surface area (Å²) in [5, 5.41) is 0. The van der Waals surface area contributed by atoms with E-state index >= 15 is 0 Å². The summed E-state index contributed by atoms with van der Waals surface area (Å²) < 4.78 is 4.61. The highest BCUT2D eigenvalue weighted by atomic mass is 16.5. The van der Waals surface area contributed by atoms with E-state index in [4.69, 9.17) is 5.73 Å². The van der Waals surface area contributed by atoms with Gasteiger partial charge in [0, 0.05) is 17.5 Å². The van der Waals surface area contributed by atoms with E-state index in [1.54, 1.807) is 19.2 Å². The van der Waals surface area contributed by atoms with Crippen molar-refractivity contribution < 1.29 is 9.53 Å². The first-order valence-corrected chi connectivity index (χ1v) is 4.29. The molecule has 0 aliphatic heterocycles. The van der Waals surface area contributed by atoms with E-state index in [9.17, 15) is 4.79 Å². The summed E-state index contributed by atoms with van der Waals surface area (Å²) in [4.78, 5) is 15.4. The van der Waals surface area contributed by atoms with Crippen molar-refractivity contribution in [2.24, 2.45) is 5.73 Å². The number of ether oxygens (including phenoxy) is 1. The molecule has 1 heterocycles. The summed E-state index contributed by atoms with van der Waals surface area (Å²) in [5.74, 6) is -0.469. The molecule has 1 atom stereocenters. The topological polar surface area (TPSA) is 65.2 Å². The molecule has 0 saturated carbocycles. The van der Waals surface area contributed by atoms with Gasteiger partial charge in [0.05, 0.1) is 7.11 Å². The fourth-order valence-corrected chi connectivity index (χ4v) is 1.10. The summed E-state index contributed by atoms with van der Waals surface area (Å²) in [5.41, 5.74) is 6.23. The van der Waals surface area contributed by atoms with Crippen LogP contribution >= 0.6 is 0 Å². The van der Waals surface area contributed by atoms with Crippen molar-refractivity contribution in [3.05, 3.63) is 29.6 Å². The van der Waals surface area contributed by atoms with E-state index in [2.05, 4.69) is 9.72 Å². The van der Waals surface area contributed by atoms with Gasteiger partial charge in [0.25, 0.3) is 0 Å². The van der Waals surface area contributed by atoms with Crippen molar-refractivity contribution in [1.82, 2.24) is 4.98 Å². The Morgan fingerprint density at radius 1 is 1.57 bits per heavy atom. The van der Waals surface area contributed by atoms with Crippen LogP contribution in [0.4, 0.5) is 0 Å². The largest absolute Gasteiger partial charge is 0.467 e. The molecule has 0 fully saturated rings. The predicted octanol–water partition coefficient (Wildman–Crippen LogP) is 0.737. The minimum Gasteiger partial charge on any atom is -0.467 e. The molecule has 4 heteroatoms. The second-order valence-electron chi connectivity index (χ2n) is 3.38. The molecule has 0 amide bonds. The van der Waals surface area contributed by atoms with Crippen LogP contribution in [0.15, 0.2) is 18.3 Å². The molecule has 0 aliphatic rings. The molecule has 0 bridgehead atoms. The summed E-state index contributed by atoms with van der Waals surface area (Å²) >= 11 is 0. The van der Waals surface area contributed by atoms with Gasteiger partial charge in [-0.05, 0) is 19.9 Å². The molecule has 0 radical (unpaired) electrons. The van der Waals surface area contributed by atoms with E-state index in [1.165, 1.54) is 7.11 Å². The molecule has 76 valence electrons. The molecule has 0 aliphatic carbocycles. The van der Waals surface area contributed by atoms with Crippen molar-refractivity contribution in [1.29, 1.82) is 0 Å². The third kappa shape index (κ3) is 1.90. The Balaban J connectivity index is 3.03. The number of pyridine rings is 1. The van der Waals surface area contributed by atoms with Crippen LogP contribution in [0.3, 0.4) is 0 Å². The number of hydrogen-bond acceptors (Lipinski definition) is 4. The van der Waals surface area contributed by atoms with Gasteiger partial charge in [-0.15, -0.1) is 0 Å². The lowest BCUT2D eigenvalue weighted by atomic mass is 9.95. The zero-order valence-electron chi connectivity index (χ0n) is 8.57. The highest BCUT2D eigenvalue weighted by molar-refractivity contribution is 5.81. The van der Waals surface area contributed by atoms with Crippen LogP contribution in [-0.2, 0) is 15.1 Å². The minimum atomic E-state index is -1.13. The maximum Gasteiger partial charge on any atom is 0.330 e. The SMILES string of the molecule is COC(=O)C(C)(N)c1ccc(C)nc1. The van der Waals surface area contributed by atoms with Gasteiger partial charge in [0.1, 0.15) is 5.54 Å². The predicted molar refractivity (Wildman–Crippen MR) is 52.5 cm³/mol. The molecule has 14 heavy (non-hydrogen) atoms. The first kappa shape index (κ1) is 10.7. The van der Waals surface area contributed by atoms with Gasteiger partial charge in [-0.2, -0.15) is 0 Å². The van der Waals surface area contributed by atoms with Gasteiger partial charge in [-0.1, -0.05) is 6.07 Å². The van der Waals surface area contributed by atoms with Gasteiger partial charge in [0.15, 0.2) is 0 Å². The lowest BCUT2D eigenvalue weighted by Crippen LogP contribution is -2.42. The van der Waals surface area contributed by atoms with Crippen LogP contribution < -0.4 is 5.73 Å². The maximum absolute atomic E-state index is 11.3. The first-order chi connectivity index (χ1) is 6.48. The molecule has 4 nitrogen and oxygen atoms in total. The molecule has 0 spiro atoms. The molecule has 2 N–H and O–H groups in total. The van der Waals surface area contributed by atoms with E-state index in [0.717, 1.165) is 5.69 Å². The monoisotopic (exact) mass is 194 g/mol. The number of aryl methyl sites for hydroxylation is 1. The third-order valence-corrected chi connectivity index (χ3v) is 2.12. The van der Waals surface area contributed by atoms with E-state index < -0.39 is 11.5 Å². The van der Waals surface area contributed by atoms with Crippen molar-refractivity contribution >= 4 is 5.97 Å². The Hall–Kier alpha value is -1.42. The van der Waals surface area contributed by atoms with E-state index in [0.29, 0.717) is 5.56 Å². The summed E-state index contributed by atoms with van der Waals surface area (Å²) in [7, 11) is 1.31. The molecule has 1 rings (SSSR count). The van der Waals surface area contributed by atoms with Crippen LogP contribution in [0, 0.1) is 6.92 Å². The lowest BCUT2D eigenvalue weighted by molar-refractivity contribution is -0.146. The molecule has 0 saturated heterocycles. The number of nitrogens with zero attached hydrogens (tertiary/aromatic N) is 1. The number of methoxy groups -OCH3 is 1. The van der Waals surface area contributed by atoms with Crippen LogP contribution in [0.1, 0.15) is 18.2 Å². The van der Waals surface area contributed by atoms with Crippen LogP contribution in [0.2, 0.25) is 0 Å². The van der Waals surface area contributed by atoms with E-state index in [-0.39, 0.29) is 0 Å². The highest BCUT2D eigenvalue weighted by Gasteiger charge is 2.31. The fraction of sp³-hybridized carbons (Fsp3) is 0.400. The third-order valence-electron chi connectivity index (χ3n) is 2.12. The number of rotatable bonds is 2. The van der Waals surface area contributed by atoms with Crippen LogP contribution in [0.5, 0.6) is 0 Å². The van der Waals surface area contributed by atoms with E-state index in [1.807, 2.05) is 13.0 Å². The maximum atomic E-state index is 11.3. The smallest absolute Gasteiger partial charge is 0.330 e. The second-order valence-corrected chi connectivity index (χ2v) is 3.38. The molecule has 1 aromatic rings. The van der Waals surface area contributed by atoms with Gasteiger partial charge in [-0.3, -0.25) is 4.98 Å². The number of carbonyl (C=O) groups is 1. The molecule has 1 unspecified atom stereocenters. The van der Waals surface area contributed by atoms with Crippen LogP contribution in [0.25, 0.3) is 0 Å². The molecule has 1 aromatic heterocycles. The number of carbonyl (C=O) groups excluding carboxylic acids is 1. The summed E-state index contributed by atoms with van der Waals surface area (Å²) in [6, 6.07) is 3.59. The molecule has 0 aromatic carbocycles. The van der Waals surface area contributed by atoms with Crippen molar-refractivity contribution in [2.45, 2.75) is 19.4 Å². The number of aromatic nitrogens is 1. The average molecular weight is 194 g/mol. The average Bonchev–Trinajstić information content (AvgIpc) is 2.17. The van der Waals surface area contributed by atoms with Crippen molar-refractivity contribution in [3.8, 4) is 0 Å². The summed E-state index contributed by atoms with van der Waals surface area (Å²) in [6.07, 6.45) is 1.59. The Kier molecular flexibility index (Phi) is 2.86. The standard InChI is InChI=1S/C10H14N2O2/c1-7-4-5-8(6-12-7)10(2,11)9(13)14-3/h4-6H,11H2,1-3H3. The van der Waals surface area contributed by atoms with Crippen LogP contribution in [-0.4, -0.2) is 18.1 Å². The summed E-state index contributed by atoms with van der Waals surface area (Å²) in [6.45, 7) is 3.47. The quantitative estimate of drug-likeness (QED) is 0.705. The molecular weight excluding hydrogens is 180 g/mol. The van der Waals surface area contributed by atoms with Gasteiger partial charge in [0.2, 0.25) is 0 Å².